The molecule has 1 N–H and O–H groups in total. The second kappa shape index (κ2) is 10.0. The van der Waals surface area contributed by atoms with E-state index in [2.05, 4.69) is 121 Å². The molecule has 0 radical (unpaired) electrons. The average molecular weight is 519 g/mol. The molecule has 194 valence electrons. The Bertz CT molecular complexity index is 1890. The van der Waals surface area contributed by atoms with Gasteiger partial charge in [-0.25, -0.2) is 4.98 Å². The minimum Gasteiger partial charge on any atom is -0.359 e. The highest BCUT2D eigenvalue weighted by Gasteiger charge is 2.23. The number of hydrogen-bond donors (Lipinski definition) is 1. The van der Waals surface area contributed by atoms with Crippen molar-refractivity contribution in [1.29, 1.82) is 0 Å². The second-order valence-electron chi connectivity index (χ2n) is 10.5. The number of aliphatic imine (C=N–C) groups is 1. The Labute approximate surface area is 234 Å². The first kappa shape index (κ1) is 24.2. The fourth-order valence-electron chi connectivity index (χ4n) is 5.78. The van der Waals surface area contributed by atoms with E-state index in [-0.39, 0.29) is 6.17 Å². The first-order valence-electron chi connectivity index (χ1n) is 13.9. The van der Waals surface area contributed by atoms with Gasteiger partial charge in [0.2, 0.25) is 0 Å². The van der Waals surface area contributed by atoms with Gasteiger partial charge in [0.05, 0.1) is 22.4 Å². The van der Waals surface area contributed by atoms with Crippen molar-refractivity contribution in [3.8, 4) is 11.3 Å². The van der Waals surface area contributed by atoms with Crippen molar-refractivity contribution in [2.75, 3.05) is 0 Å². The predicted molar refractivity (Wildman–Crippen MR) is 166 cm³/mol. The van der Waals surface area contributed by atoms with Gasteiger partial charge < -0.3 is 5.32 Å². The van der Waals surface area contributed by atoms with E-state index < -0.39 is 0 Å². The molecule has 3 aromatic carbocycles. The molecule has 2 aliphatic rings. The van der Waals surface area contributed by atoms with Crippen molar-refractivity contribution in [3.63, 3.8) is 0 Å². The maximum absolute atomic E-state index is 5.26. The monoisotopic (exact) mass is 518 g/mol. The third kappa shape index (κ3) is 4.42. The van der Waals surface area contributed by atoms with E-state index in [9.17, 15) is 0 Å². The van der Waals surface area contributed by atoms with Gasteiger partial charge in [-0.3, -0.25) is 9.98 Å². The molecule has 4 heteroatoms. The summed E-state index contributed by atoms with van der Waals surface area (Å²) in [4.78, 5) is 15.4. The molecule has 1 aliphatic carbocycles. The summed E-state index contributed by atoms with van der Waals surface area (Å²) in [7, 11) is 0. The van der Waals surface area contributed by atoms with Gasteiger partial charge >= 0.3 is 0 Å². The summed E-state index contributed by atoms with van der Waals surface area (Å²) in [5, 5.41) is 5.97. The lowest BCUT2D eigenvalue weighted by molar-refractivity contribution is 0.664. The highest BCUT2D eigenvalue weighted by molar-refractivity contribution is 6.13. The Kier molecular flexibility index (Phi) is 6.09. The number of aryl methyl sites for hydroxylation is 2. The number of rotatable bonds is 4. The Morgan fingerprint density at radius 2 is 1.65 bits per heavy atom. The number of pyridine rings is 2. The number of benzene rings is 3. The van der Waals surface area contributed by atoms with Gasteiger partial charge in [-0.05, 0) is 61.6 Å². The molecule has 0 saturated heterocycles. The molecule has 0 bridgehead atoms. The molecule has 7 rings (SSSR count). The number of nitrogens with zero attached hydrogens (tertiary/aromatic N) is 3. The van der Waals surface area contributed by atoms with Crippen LogP contribution in [0.4, 0.5) is 0 Å². The summed E-state index contributed by atoms with van der Waals surface area (Å²) in [5.74, 6) is 0. The topological polar surface area (TPSA) is 50.2 Å². The van der Waals surface area contributed by atoms with Gasteiger partial charge in [0.1, 0.15) is 6.17 Å². The highest BCUT2D eigenvalue weighted by atomic mass is 15.1. The van der Waals surface area contributed by atoms with E-state index >= 15 is 0 Å². The molecule has 0 fully saturated rings. The van der Waals surface area contributed by atoms with Gasteiger partial charge in [-0.2, -0.15) is 0 Å². The van der Waals surface area contributed by atoms with Crippen LogP contribution in [0.2, 0.25) is 0 Å². The smallest absolute Gasteiger partial charge is 0.146 e. The lowest BCUT2D eigenvalue weighted by Crippen LogP contribution is -2.25. The summed E-state index contributed by atoms with van der Waals surface area (Å²) < 4.78 is 0. The summed E-state index contributed by atoms with van der Waals surface area (Å²) in [6.45, 7) is 4.19. The van der Waals surface area contributed by atoms with Crippen molar-refractivity contribution in [2.24, 2.45) is 4.99 Å². The van der Waals surface area contributed by atoms with Crippen LogP contribution in [0.25, 0.3) is 38.8 Å². The van der Waals surface area contributed by atoms with Gasteiger partial charge in [0, 0.05) is 33.3 Å². The third-order valence-electron chi connectivity index (χ3n) is 7.77. The molecule has 0 saturated carbocycles. The first-order valence-corrected chi connectivity index (χ1v) is 13.9. The van der Waals surface area contributed by atoms with Crippen molar-refractivity contribution in [1.82, 2.24) is 15.3 Å². The standard InChI is InChI=1S/C36H30N4/c1-23-21-24(2)37-35-28(23)19-17-27-18-20-31(38-34(27)35)29-15-9-10-16-30(29)36-39-32(25-11-5-3-6-12-25)22-33(40-36)26-13-7-4-8-14-26/h3-7,9-13,15-22,36,39H,8,14H2,1-2H3. The van der Waals surface area contributed by atoms with Crippen LogP contribution in [0.1, 0.15) is 41.4 Å². The van der Waals surface area contributed by atoms with Gasteiger partial charge in [0.25, 0.3) is 0 Å². The lowest BCUT2D eigenvalue weighted by Gasteiger charge is -2.27. The number of allylic oxidation sites excluding steroid dienone is 5. The normalized spacial score (nSPS) is 16.9. The molecule has 0 amide bonds. The Morgan fingerprint density at radius 1 is 0.825 bits per heavy atom. The maximum Gasteiger partial charge on any atom is 0.146 e. The number of aromatic nitrogens is 2. The fourth-order valence-corrected chi connectivity index (χ4v) is 5.78. The zero-order chi connectivity index (χ0) is 27.1. The quantitative estimate of drug-likeness (QED) is 0.243. The zero-order valence-electron chi connectivity index (χ0n) is 22.7. The molecule has 1 unspecified atom stereocenters. The fraction of sp³-hybridized carbons (Fsp3) is 0.139. The van der Waals surface area contributed by atoms with Crippen LogP contribution >= 0.6 is 0 Å². The molecular formula is C36H30N4. The van der Waals surface area contributed by atoms with E-state index in [1.807, 2.05) is 6.92 Å². The van der Waals surface area contributed by atoms with E-state index in [0.29, 0.717) is 0 Å². The minimum atomic E-state index is -0.245. The van der Waals surface area contributed by atoms with E-state index in [0.717, 1.165) is 74.1 Å². The largest absolute Gasteiger partial charge is 0.359 e. The predicted octanol–water partition coefficient (Wildman–Crippen LogP) is 8.43. The molecule has 2 aromatic heterocycles. The Balaban J connectivity index is 1.37. The van der Waals surface area contributed by atoms with Crippen LogP contribution in [0.5, 0.6) is 0 Å². The molecule has 3 heterocycles. The third-order valence-corrected chi connectivity index (χ3v) is 7.77. The van der Waals surface area contributed by atoms with Crippen molar-refractivity contribution in [2.45, 2.75) is 32.9 Å². The van der Waals surface area contributed by atoms with Gasteiger partial charge in [-0.15, -0.1) is 0 Å². The molecular weight excluding hydrogens is 488 g/mol. The van der Waals surface area contributed by atoms with Crippen LogP contribution in [0.15, 0.2) is 120 Å². The summed E-state index contributed by atoms with van der Waals surface area (Å²) >= 11 is 0. The zero-order valence-corrected chi connectivity index (χ0v) is 22.7. The molecule has 40 heavy (non-hydrogen) atoms. The van der Waals surface area contributed by atoms with Crippen LogP contribution in [-0.4, -0.2) is 15.7 Å². The van der Waals surface area contributed by atoms with E-state index in [4.69, 9.17) is 15.0 Å². The van der Waals surface area contributed by atoms with Gasteiger partial charge in [-0.1, -0.05) is 91.0 Å². The number of fused-ring (bicyclic) bond motifs is 3. The van der Waals surface area contributed by atoms with Crippen molar-refractivity contribution >= 4 is 33.2 Å². The van der Waals surface area contributed by atoms with Gasteiger partial charge in [0.15, 0.2) is 0 Å². The van der Waals surface area contributed by atoms with Crippen molar-refractivity contribution < 1.29 is 0 Å². The Hall–Kier alpha value is -4.83. The first-order chi connectivity index (χ1) is 19.6. The molecule has 4 nitrogen and oxygen atoms in total. The number of hydrogen-bond acceptors (Lipinski definition) is 4. The second-order valence-corrected chi connectivity index (χ2v) is 10.5. The summed E-state index contributed by atoms with van der Waals surface area (Å²) in [6, 6.07) is 29.7. The van der Waals surface area contributed by atoms with Crippen LogP contribution in [0, 0.1) is 13.8 Å². The van der Waals surface area contributed by atoms with Crippen LogP contribution < -0.4 is 5.32 Å². The SMILES string of the molecule is Cc1cc(C)c2ccc3ccc(-c4ccccc4C4N=C(C5=CC=CCC5)C=C(c5ccccc5)N4)nc3c2n1. The van der Waals surface area contributed by atoms with Crippen LogP contribution in [0.3, 0.4) is 0 Å². The minimum absolute atomic E-state index is 0.245. The lowest BCUT2D eigenvalue weighted by atomic mass is 9.95. The van der Waals surface area contributed by atoms with E-state index in [1.165, 1.54) is 11.1 Å². The molecule has 5 aromatic rings. The summed E-state index contributed by atoms with van der Waals surface area (Å²) in [6.07, 6.45) is 10.5. The number of nitrogens with one attached hydrogen (secondary N) is 1. The maximum atomic E-state index is 5.26. The molecule has 0 spiro atoms. The Morgan fingerprint density at radius 3 is 2.50 bits per heavy atom. The molecule has 1 aliphatic heterocycles. The summed E-state index contributed by atoms with van der Waals surface area (Å²) in [5.41, 5.74) is 11.7. The van der Waals surface area contributed by atoms with E-state index in [1.54, 1.807) is 0 Å². The van der Waals surface area contributed by atoms with Crippen molar-refractivity contribution in [3.05, 3.63) is 137 Å². The highest BCUT2D eigenvalue weighted by Crippen LogP contribution is 2.35. The molecule has 1 atom stereocenters. The average Bonchev–Trinajstić information content (AvgIpc) is 3.01. The van der Waals surface area contributed by atoms with Crippen LogP contribution in [-0.2, 0) is 0 Å².